The Morgan fingerprint density at radius 2 is 2.14 bits per heavy atom. The van der Waals surface area contributed by atoms with E-state index in [0.29, 0.717) is 5.56 Å². The van der Waals surface area contributed by atoms with Gasteiger partial charge in [-0.05, 0) is 23.8 Å². The quantitative estimate of drug-likeness (QED) is 0.779. The van der Waals surface area contributed by atoms with Crippen LogP contribution < -0.4 is 4.72 Å². The van der Waals surface area contributed by atoms with Crippen LogP contribution in [0.2, 0.25) is 5.02 Å². The van der Waals surface area contributed by atoms with Crippen molar-refractivity contribution >= 4 is 27.6 Å². The largest absolute Gasteiger partial charge is 0.478 e. The van der Waals surface area contributed by atoms with Crippen LogP contribution in [0, 0.1) is 5.82 Å². The van der Waals surface area contributed by atoms with E-state index in [1.165, 1.54) is 0 Å². The first-order valence-electron chi connectivity index (χ1n) is 5.65. The predicted octanol–water partition coefficient (Wildman–Crippen LogP) is 1.98. The van der Waals surface area contributed by atoms with Gasteiger partial charge in [-0.15, -0.1) is 0 Å². The van der Waals surface area contributed by atoms with Crippen LogP contribution >= 0.6 is 11.6 Å². The monoisotopic (exact) mass is 332 g/mol. The summed E-state index contributed by atoms with van der Waals surface area (Å²) in [6, 6.07) is 3.35. The molecule has 0 aliphatic rings. The number of aromatic amines is 1. The van der Waals surface area contributed by atoms with Gasteiger partial charge in [-0.1, -0.05) is 11.6 Å². The van der Waals surface area contributed by atoms with Gasteiger partial charge in [-0.3, -0.25) is 0 Å². The molecule has 0 saturated heterocycles. The molecule has 3 N–H and O–H groups in total. The van der Waals surface area contributed by atoms with Gasteiger partial charge in [-0.25, -0.2) is 22.3 Å². The van der Waals surface area contributed by atoms with Gasteiger partial charge >= 0.3 is 5.97 Å². The lowest BCUT2D eigenvalue weighted by Crippen LogP contribution is -2.24. The molecule has 0 amide bonds. The molecule has 1 aromatic heterocycles. The van der Waals surface area contributed by atoms with Crippen LogP contribution in [0.1, 0.15) is 15.9 Å². The Kier molecular flexibility index (Phi) is 4.31. The van der Waals surface area contributed by atoms with Crippen molar-refractivity contribution < 1.29 is 22.7 Å². The summed E-state index contributed by atoms with van der Waals surface area (Å²) in [5, 5.41) is 8.66. The Morgan fingerprint density at radius 1 is 1.43 bits per heavy atom. The van der Waals surface area contributed by atoms with Crippen LogP contribution in [-0.4, -0.2) is 24.5 Å². The van der Waals surface area contributed by atoms with E-state index in [-0.39, 0.29) is 11.6 Å². The number of nitrogens with one attached hydrogen (secondary N) is 2. The Bertz CT molecular complexity index is 775. The number of aromatic nitrogens is 1. The topological polar surface area (TPSA) is 99.3 Å². The van der Waals surface area contributed by atoms with Gasteiger partial charge in [0.2, 0.25) is 10.0 Å². The van der Waals surface area contributed by atoms with Crippen LogP contribution in [0.3, 0.4) is 0 Å². The second kappa shape index (κ2) is 5.84. The van der Waals surface area contributed by atoms with E-state index in [9.17, 15) is 17.6 Å². The van der Waals surface area contributed by atoms with Crippen molar-refractivity contribution in [2.45, 2.75) is 11.4 Å². The molecule has 112 valence electrons. The zero-order valence-electron chi connectivity index (χ0n) is 10.4. The van der Waals surface area contributed by atoms with Gasteiger partial charge in [0.1, 0.15) is 4.90 Å². The second-order valence-electron chi connectivity index (χ2n) is 4.11. The number of carboxylic acids is 1. The van der Waals surface area contributed by atoms with Crippen LogP contribution in [-0.2, 0) is 16.6 Å². The molecule has 1 heterocycles. The fraction of sp³-hybridized carbons (Fsp3) is 0.0833. The Labute approximate surface area is 124 Å². The molecular weight excluding hydrogens is 323 g/mol. The number of halogens is 2. The fourth-order valence-corrected chi connectivity index (χ4v) is 3.06. The molecule has 0 spiro atoms. The van der Waals surface area contributed by atoms with E-state index in [2.05, 4.69) is 9.71 Å². The molecule has 21 heavy (non-hydrogen) atoms. The molecule has 6 nitrogen and oxygen atoms in total. The molecule has 0 bridgehead atoms. The molecule has 0 fully saturated rings. The number of benzene rings is 1. The molecule has 1 aromatic carbocycles. The average molecular weight is 333 g/mol. The molecule has 0 atom stereocenters. The first-order chi connectivity index (χ1) is 9.81. The van der Waals surface area contributed by atoms with Crippen molar-refractivity contribution in [3.8, 4) is 0 Å². The van der Waals surface area contributed by atoms with E-state index in [4.69, 9.17) is 16.7 Å². The summed E-state index contributed by atoms with van der Waals surface area (Å²) < 4.78 is 40.3. The molecule has 2 aromatic rings. The molecule has 0 radical (unpaired) electrons. The summed E-state index contributed by atoms with van der Waals surface area (Å²) >= 11 is 5.64. The Balaban J connectivity index is 2.37. The summed E-state index contributed by atoms with van der Waals surface area (Å²) in [6.45, 7) is -0.0693. The van der Waals surface area contributed by atoms with Crippen molar-refractivity contribution in [3.05, 3.63) is 52.6 Å². The van der Waals surface area contributed by atoms with Gasteiger partial charge in [0.25, 0.3) is 0 Å². The average Bonchev–Trinajstić information content (AvgIpc) is 2.91. The van der Waals surface area contributed by atoms with Crippen molar-refractivity contribution in [3.63, 3.8) is 0 Å². The van der Waals surface area contributed by atoms with Gasteiger partial charge in [0.05, 0.1) is 5.56 Å². The lowest BCUT2D eigenvalue weighted by atomic mass is 10.2. The fourth-order valence-electron chi connectivity index (χ4n) is 1.64. The third-order valence-electron chi connectivity index (χ3n) is 2.65. The van der Waals surface area contributed by atoms with E-state index in [0.717, 1.165) is 12.1 Å². The van der Waals surface area contributed by atoms with Crippen LogP contribution in [0.4, 0.5) is 4.39 Å². The van der Waals surface area contributed by atoms with E-state index in [1.54, 1.807) is 18.5 Å². The number of aromatic carboxylic acids is 1. The lowest BCUT2D eigenvalue weighted by molar-refractivity contribution is 0.0691. The zero-order chi connectivity index (χ0) is 15.6. The number of hydrogen-bond acceptors (Lipinski definition) is 3. The highest BCUT2D eigenvalue weighted by molar-refractivity contribution is 7.89. The zero-order valence-corrected chi connectivity index (χ0v) is 12.0. The maximum absolute atomic E-state index is 14.0. The number of carbonyl (C=O) groups is 1. The van der Waals surface area contributed by atoms with Crippen molar-refractivity contribution in [1.82, 2.24) is 9.71 Å². The third kappa shape index (κ3) is 3.41. The number of carboxylic acid groups (broad SMARTS) is 1. The van der Waals surface area contributed by atoms with Gasteiger partial charge < -0.3 is 10.1 Å². The molecule has 0 aliphatic carbocycles. The summed E-state index contributed by atoms with van der Waals surface area (Å²) in [5.74, 6) is -2.95. The van der Waals surface area contributed by atoms with E-state index < -0.39 is 32.3 Å². The summed E-state index contributed by atoms with van der Waals surface area (Å²) in [5.41, 5.74) is -0.163. The van der Waals surface area contributed by atoms with Gasteiger partial charge in [0, 0.05) is 24.0 Å². The first kappa shape index (κ1) is 15.5. The summed E-state index contributed by atoms with van der Waals surface area (Å²) in [6.07, 6.45) is 3.17. The summed E-state index contributed by atoms with van der Waals surface area (Å²) in [4.78, 5) is 12.8. The number of rotatable bonds is 5. The highest BCUT2D eigenvalue weighted by Crippen LogP contribution is 2.24. The highest BCUT2D eigenvalue weighted by atomic mass is 35.5. The SMILES string of the molecule is O=C(O)c1cc(Cl)cc(S(=O)(=O)NCc2cc[nH]c2)c1F. The second-order valence-corrected chi connectivity index (χ2v) is 6.29. The van der Waals surface area contributed by atoms with Crippen molar-refractivity contribution in [2.24, 2.45) is 0 Å². The standard InChI is InChI=1S/C12H10ClFN2O4S/c13-8-3-9(12(17)18)11(14)10(4-8)21(19,20)16-6-7-1-2-15-5-7/h1-5,15-16H,6H2,(H,17,18). The molecular formula is C12H10ClFN2O4S. The molecule has 2 rings (SSSR count). The van der Waals surface area contributed by atoms with Gasteiger partial charge in [-0.2, -0.15) is 0 Å². The number of sulfonamides is 1. The van der Waals surface area contributed by atoms with Crippen LogP contribution in [0.15, 0.2) is 35.5 Å². The van der Waals surface area contributed by atoms with E-state index >= 15 is 0 Å². The minimum Gasteiger partial charge on any atom is -0.478 e. The molecule has 9 heteroatoms. The smallest absolute Gasteiger partial charge is 0.338 e. The van der Waals surface area contributed by atoms with Crippen molar-refractivity contribution in [1.29, 1.82) is 0 Å². The molecule has 0 saturated carbocycles. The number of H-pyrrole nitrogens is 1. The normalized spacial score (nSPS) is 11.5. The first-order valence-corrected chi connectivity index (χ1v) is 7.51. The minimum absolute atomic E-state index is 0.0693. The molecule has 0 unspecified atom stereocenters. The van der Waals surface area contributed by atoms with E-state index in [1.807, 2.05) is 0 Å². The summed E-state index contributed by atoms with van der Waals surface area (Å²) in [7, 11) is -4.23. The lowest BCUT2D eigenvalue weighted by Gasteiger charge is -2.09. The minimum atomic E-state index is -4.23. The Hall–Kier alpha value is -1.90. The van der Waals surface area contributed by atoms with Crippen LogP contribution in [0.5, 0.6) is 0 Å². The number of hydrogen-bond donors (Lipinski definition) is 3. The predicted molar refractivity (Wildman–Crippen MR) is 73.2 cm³/mol. The maximum Gasteiger partial charge on any atom is 0.338 e. The van der Waals surface area contributed by atoms with Crippen LogP contribution in [0.25, 0.3) is 0 Å². The van der Waals surface area contributed by atoms with Crippen molar-refractivity contribution in [2.75, 3.05) is 0 Å². The van der Waals surface area contributed by atoms with Gasteiger partial charge in [0.15, 0.2) is 5.82 Å². The molecule has 0 aliphatic heterocycles. The maximum atomic E-state index is 14.0. The highest BCUT2D eigenvalue weighted by Gasteiger charge is 2.25. The Morgan fingerprint density at radius 3 is 2.71 bits per heavy atom. The third-order valence-corrected chi connectivity index (χ3v) is 4.27.